The molecule has 0 aromatic carbocycles. The number of nitrogens with one attached hydrogen (secondary N) is 2. The summed E-state index contributed by atoms with van der Waals surface area (Å²) in [6.45, 7) is 14.1. The van der Waals surface area contributed by atoms with Crippen molar-refractivity contribution in [3.05, 3.63) is 5.89 Å². The highest BCUT2D eigenvalue weighted by molar-refractivity contribution is 5.17. The summed E-state index contributed by atoms with van der Waals surface area (Å²) in [5.74, 6) is 0.576. The van der Waals surface area contributed by atoms with E-state index < -0.39 is 0 Å². The van der Waals surface area contributed by atoms with Gasteiger partial charge >= 0.3 is 6.01 Å². The smallest absolute Gasteiger partial charge is 0.315 e. The third kappa shape index (κ3) is 6.54. The minimum Gasteiger partial charge on any atom is -0.407 e. The zero-order chi connectivity index (χ0) is 14.5. The number of hydrogen-bond donors (Lipinski definition) is 2. The molecule has 0 fully saturated rings. The molecule has 0 bridgehead atoms. The van der Waals surface area contributed by atoms with Gasteiger partial charge in [-0.05, 0) is 41.5 Å². The molecule has 0 saturated carbocycles. The van der Waals surface area contributed by atoms with Crippen LogP contribution in [0, 0.1) is 0 Å². The average molecular weight is 270 g/mol. The van der Waals surface area contributed by atoms with E-state index in [1.807, 2.05) is 20.8 Å². The number of hydrogen-bond acceptors (Lipinski definition) is 6. The molecule has 0 atom stereocenters. The van der Waals surface area contributed by atoms with Gasteiger partial charge in [0.15, 0.2) is 0 Å². The van der Waals surface area contributed by atoms with Crippen molar-refractivity contribution in [3.63, 3.8) is 0 Å². The van der Waals surface area contributed by atoms with Gasteiger partial charge in [0.25, 0.3) is 0 Å². The quantitative estimate of drug-likeness (QED) is 0.791. The van der Waals surface area contributed by atoms with Gasteiger partial charge < -0.3 is 19.8 Å². The fourth-order valence-corrected chi connectivity index (χ4v) is 1.47. The van der Waals surface area contributed by atoms with Crippen LogP contribution in [0.5, 0.6) is 0 Å². The molecule has 0 amide bonds. The molecule has 1 aromatic rings. The molecule has 0 saturated heterocycles. The van der Waals surface area contributed by atoms with E-state index >= 15 is 0 Å². The second-order valence-corrected chi connectivity index (χ2v) is 6.15. The van der Waals surface area contributed by atoms with Crippen LogP contribution in [-0.2, 0) is 11.3 Å². The largest absolute Gasteiger partial charge is 0.407 e. The van der Waals surface area contributed by atoms with Crippen LogP contribution in [0.4, 0.5) is 6.01 Å². The molecule has 0 aliphatic carbocycles. The van der Waals surface area contributed by atoms with Crippen LogP contribution in [0.3, 0.4) is 0 Å². The maximum absolute atomic E-state index is 5.59. The Morgan fingerprint density at radius 3 is 2.42 bits per heavy atom. The maximum Gasteiger partial charge on any atom is 0.315 e. The van der Waals surface area contributed by atoms with Gasteiger partial charge in [0.2, 0.25) is 5.89 Å². The number of anilines is 1. The minimum atomic E-state index is -0.257. The summed E-state index contributed by atoms with van der Waals surface area (Å²) in [7, 11) is 0. The zero-order valence-corrected chi connectivity index (χ0v) is 12.8. The Hall–Kier alpha value is -1.14. The van der Waals surface area contributed by atoms with Crippen molar-refractivity contribution in [1.82, 2.24) is 15.5 Å². The fourth-order valence-electron chi connectivity index (χ4n) is 1.47. The molecule has 1 aromatic heterocycles. The summed E-state index contributed by atoms with van der Waals surface area (Å²) in [6.07, 6.45) is 0. The van der Waals surface area contributed by atoms with Crippen LogP contribution >= 0.6 is 0 Å². The second kappa shape index (κ2) is 6.34. The molecule has 0 aliphatic heterocycles. The first kappa shape index (κ1) is 15.9. The van der Waals surface area contributed by atoms with Gasteiger partial charge in [0.1, 0.15) is 0 Å². The van der Waals surface area contributed by atoms with Crippen molar-refractivity contribution in [2.24, 2.45) is 0 Å². The minimum absolute atomic E-state index is 0.0268. The summed E-state index contributed by atoms with van der Waals surface area (Å²) >= 11 is 0. The lowest BCUT2D eigenvalue weighted by Crippen LogP contribution is -2.35. The van der Waals surface area contributed by atoms with E-state index in [0.717, 1.165) is 0 Å². The van der Waals surface area contributed by atoms with Crippen LogP contribution in [0.1, 0.15) is 47.4 Å². The van der Waals surface area contributed by atoms with E-state index in [4.69, 9.17) is 9.15 Å². The molecule has 19 heavy (non-hydrogen) atoms. The van der Waals surface area contributed by atoms with E-state index in [-0.39, 0.29) is 11.1 Å². The molecule has 0 spiro atoms. The monoisotopic (exact) mass is 270 g/mol. The van der Waals surface area contributed by atoms with Crippen molar-refractivity contribution < 1.29 is 9.15 Å². The van der Waals surface area contributed by atoms with Crippen molar-refractivity contribution in [2.75, 3.05) is 18.5 Å². The molecule has 2 N–H and O–H groups in total. The average Bonchev–Trinajstić information content (AvgIpc) is 2.71. The van der Waals surface area contributed by atoms with Crippen molar-refractivity contribution in [2.45, 2.75) is 59.2 Å². The first-order valence-electron chi connectivity index (χ1n) is 6.67. The normalized spacial score (nSPS) is 12.7. The van der Waals surface area contributed by atoms with E-state index in [9.17, 15) is 0 Å². The summed E-state index contributed by atoms with van der Waals surface area (Å²) in [6, 6.07) is 0.429. The predicted molar refractivity (Wildman–Crippen MR) is 75.1 cm³/mol. The third-order valence-electron chi connectivity index (χ3n) is 2.44. The van der Waals surface area contributed by atoms with E-state index in [0.29, 0.717) is 31.6 Å². The lowest BCUT2D eigenvalue weighted by atomic mass is 10.1. The molecule has 0 radical (unpaired) electrons. The standard InChI is InChI=1S/C13H26N4O2/c1-7-18-13(5,6)9-14-11-17-16-10(19-11)8-15-12(2,3)4/h15H,7-9H2,1-6H3,(H,14,17). The topological polar surface area (TPSA) is 72.2 Å². The summed E-state index contributed by atoms with van der Waals surface area (Å²) in [4.78, 5) is 0. The van der Waals surface area contributed by atoms with Crippen LogP contribution in [0.25, 0.3) is 0 Å². The fraction of sp³-hybridized carbons (Fsp3) is 0.846. The molecule has 6 nitrogen and oxygen atoms in total. The summed E-state index contributed by atoms with van der Waals surface area (Å²) in [5, 5.41) is 14.3. The van der Waals surface area contributed by atoms with Crippen LogP contribution < -0.4 is 10.6 Å². The highest BCUT2D eigenvalue weighted by atomic mass is 16.5. The highest BCUT2D eigenvalue weighted by Crippen LogP contribution is 2.12. The second-order valence-electron chi connectivity index (χ2n) is 6.15. The van der Waals surface area contributed by atoms with E-state index in [1.54, 1.807) is 0 Å². The molecule has 0 aliphatic rings. The molecule has 1 heterocycles. The third-order valence-corrected chi connectivity index (χ3v) is 2.44. The van der Waals surface area contributed by atoms with E-state index in [2.05, 4.69) is 41.6 Å². The lowest BCUT2D eigenvalue weighted by molar-refractivity contribution is 0.000338. The number of aromatic nitrogens is 2. The van der Waals surface area contributed by atoms with Gasteiger partial charge in [0.05, 0.1) is 12.1 Å². The molecular weight excluding hydrogens is 244 g/mol. The van der Waals surface area contributed by atoms with Gasteiger partial charge in [-0.1, -0.05) is 5.10 Å². The first-order valence-corrected chi connectivity index (χ1v) is 6.67. The van der Waals surface area contributed by atoms with Gasteiger partial charge in [-0.2, -0.15) is 0 Å². The van der Waals surface area contributed by atoms with Gasteiger partial charge in [-0.3, -0.25) is 0 Å². The Bertz CT molecular complexity index is 382. The van der Waals surface area contributed by atoms with Crippen LogP contribution in [0.2, 0.25) is 0 Å². The molecule has 0 unspecified atom stereocenters. The Kier molecular flexibility index (Phi) is 5.31. The number of nitrogens with zero attached hydrogens (tertiary/aromatic N) is 2. The number of rotatable bonds is 7. The number of ether oxygens (including phenoxy) is 1. The van der Waals surface area contributed by atoms with Crippen LogP contribution in [0.15, 0.2) is 4.42 Å². The van der Waals surface area contributed by atoms with Gasteiger partial charge in [-0.25, -0.2) is 0 Å². The Balaban J connectivity index is 2.43. The molecule has 1 rings (SSSR count). The zero-order valence-electron chi connectivity index (χ0n) is 12.8. The molecular formula is C13H26N4O2. The maximum atomic E-state index is 5.59. The lowest BCUT2D eigenvalue weighted by Gasteiger charge is -2.24. The van der Waals surface area contributed by atoms with Gasteiger partial charge in [-0.15, -0.1) is 5.10 Å². The van der Waals surface area contributed by atoms with Crippen LogP contribution in [-0.4, -0.2) is 34.5 Å². The summed E-state index contributed by atoms with van der Waals surface area (Å²) < 4.78 is 11.1. The Labute approximate surface area is 115 Å². The molecule has 110 valence electrons. The Morgan fingerprint density at radius 1 is 1.16 bits per heavy atom. The molecule has 6 heteroatoms. The van der Waals surface area contributed by atoms with Crippen molar-refractivity contribution in [1.29, 1.82) is 0 Å². The Morgan fingerprint density at radius 2 is 1.84 bits per heavy atom. The van der Waals surface area contributed by atoms with Gasteiger partial charge in [0, 0.05) is 18.7 Å². The van der Waals surface area contributed by atoms with E-state index in [1.165, 1.54) is 0 Å². The summed E-state index contributed by atoms with van der Waals surface area (Å²) in [5.41, 5.74) is -0.230. The van der Waals surface area contributed by atoms with Crippen molar-refractivity contribution >= 4 is 6.01 Å². The van der Waals surface area contributed by atoms with Crippen molar-refractivity contribution in [3.8, 4) is 0 Å². The predicted octanol–water partition coefficient (Wildman–Crippen LogP) is 2.18. The SMILES string of the molecule is CCOC(C)(C)CNc1nnc(CNC(C)(C)C)o1. The first-order chi connectivity index (χ1) is 8.72. The highest BCUT2D eigenvalue weighted by Gasteiger charge is 2.19.